The van der Waals surface area contributed by atoms with Crippen molar-refractivity contribution in [3.05, 3.63) is 0 Å². The summed E-state index contributed by atoms with van der Waals surface area (Å²) in [6.45, 7) is 9.48. The predicted molar refractivity (Wildman–Crippen MR) is 70.6 cm³/mol. The van der Waals surface area contributed by atoms with Gasteiger partial charge in [-0.05, 0) is 33.7 Å². The van der Waals surface area contributed by atoms with E-state index in [9.17, 15) is 4.79 Å². The van der Waals surface area contributed by atoms with Gasteiger partial charge in [-0.1, -0.05) is 0 Å². The van der Waals surface area contributed by atoms with Crippen LogP contribution < -0.4 is 5.32 Å². The van der Waals surface area contributed by atoms with E-state index >= 15 is 0 Å². The molecule has 1 saturated heterocycles. The largest absolute Gasteiger partial charge is 0.379 e. The van der Waals surface area contributed by atoms with Crippen LogP contribution in [0.5, 0.6) is 0 Å². The highest BCUT2D eigenvalue weighted by molar-refractivity contribution is 5.81. The first-order valence-electron chi connectivity index (χ1n) is 6.61. The third-order valence-corrected chi connectivity index (χ3v) is 3.42. The highest BCUT2D eigenvalue weighted by atomic mass is 16.5. The van der Waals surface area contributed by atoms with Crippen molar-refractivity contribution in [2.75, 3.05) is 40.0 Å². The van der Waals surface area contributed by atoms with Crippen molar-refractivity contribution in [2.24, 2.45) is 0 Å². The highest BCUT2D eigenvalue weighted by Crippen LogP contribution is 2.11. The maximum Gasteiger partial charge on any atom is 0.239 e. The zero-order valence-electron chi connectivity index (χ0n) is 12.0. The first-order valence-corrected chi connectivity index (χ1v) is 6.61. The molecule has 1 aliphatic heterocycles. The summed E-state index contributed by atoms with van der Waals surface area (Å²) in [5.74, 6) is 0.161. The number of hydrogen-bond acceptors (Lipinski definition) is 4. The second-order valence-electron chi connectivity index (χ2n) is 5.33. The van der Waals surface area contributed by atoms with Crippen LogP contribution >= 0.6 is 0 Å². The maximum absolute atomic E-state index is 12.1. The van der Waals surface area contributed by atoms with Crippen molar-refractivity contribution in [3.63, 3.8) is 0 Å². The van der Waals surface area contributed by atoms with Crippen LogP contribution in [0.2, 0.25) is 0 Å². The lowest BCUT2D eigenvalue weighted by atomic mass is 10.1. The molecule has 1 heterocycles. The number of amides is 1. The fourth-order valence-corrected chi connectivity index (χ4v) is 1.84. The Balaban J connectivity index is 2.27. The summed E-state index contributed by atoms with van der Waals surface area (Å²) in [7, 11) is 1.71. The fraction of sp³-hybridized carbons (Fsp3) is 0.923. The average Bonchev–Trinajstić information content (AvgIpc) is 2.38. The molecule has 0 aromatic rings. The van der Waals surface area contributed by atoms with Gasteiger partial charge in [-0.2, -0.15) is 0 Å². The second kappa shape index (κ2) is 7.07. The molecule has 0 aliphatic carbocycles. The first kappa shape index (κ1) is 15.4. The highest BCUT2D eigenvalue weighted by Gasteiger charge is 2.23. The molecule has 5 heteroatoms. The number of carbonyl (C=O) groups is 1. The van der Waals surface area contributed by atoms with Crippen LogP contribution in [0.25, 0.3) is 0 Å². The number of ether oxygens (including phenoxy) is 2. The Morgan fingerprint density at radius 2 is 2.06 bits per heavy atom. The number of rotatable bonds is 6. The minimum Gasteiger partial charge on any atom is -0.379 e. The standard InChI is InChI=1S/C13H26N2O3/c1-11(14-6-5-13(2,3)17-4)12(16)15-7-9-18-10-8-15/h11,14H,5-10H2,1-4H3. The van der Waals surface area contributed by atoms with E-state index in [0.717, 1.165) is 13.0 Å². The van der Waals surface area contributed by atoms with E-state index in [1.807, 2.05) is 25.7 Å². The van der Waals surface area contributed by atoms with Crippen LogP contribution in [0.15, 0.2) is 0 Å². The molecular formula is C13H26N2O3. The third kappa shape index (κ3) is 4.92. The van der Waals surface area contributed by atoms with Gasteiger partial charge in [0.15, 0.2) is 0 Å². The molecule has 106 valence electrons. The molecule has 1 rings (SSSR count). The van der Waals surface area contributed by atoms with E-state index < -0.39 is 0 Å². The third-order valence-electron chi connectivity index (χ3n) is 3.42. The van der Waals surface area contributed by atoms with Gasteiger partial charge >= 0.3 is 0 Å². The molecule has 0 radical (unpaired) electrons. The average molecular weight is 258 g/mol. The van der Waals surface area contributed by atoms with Gasteiger partial charge in [-0.25, -0.2) is 0 Å². The van der Waals surface area contributed by atoms with Crippen LogP contribution in [-0.4, -0.2) is 62.4 Å². The monoisotopic (exact) mass is 258 g/mol. The molecule has 0 bridgehead atoms. The molecule has 1 amide bonds. The summed E-state index contributed by atoms with van der Waals surface area (Å²) < 4.78 is 10.6. The van der Waals surface area contributed by atoms with Crippen molar-refractivity contribution < 1.29 is 14.3 Å². The second-order valence-corrected chi connectivity index (χ2v) is 5.33. The van der Waals surface area contributed by atoms with Crippen molar-refractivity contribution in [1.82, 2.24) is 10.2 Å². The number of nitrogens with zero attached hydrogens (tertiary/aromatic N) is 1. The molecule has 0 aromatic heterocycles. The molecule has 1 unspecified atom stereocenters. The summed E-state index contributed by atoms with van der Waals surface area (Å²) in [5, 5.41) is 3.26. The molecular weight excluding hydrogens is 232 g/mol. The lowest BCUT2D eigenvalue weighted by Crippen LogP contribution is -2.49. The Hall–Kier alpha value is -0.650. The topological polar surface area (TPSA) is 50.8 Å². The Morgan fingerprint density at radius 1 is 1.44 bits per heavy atom. The number of carbonyl (C=O) groups excluding carboxylic acids is 1. The Kier molecular flexibility index (Phi) is 6.05. The molecule has 0 spiro atoms. The number of morpholine rings is 1. The summed E-state index contributed by atoms with van der Waals surface area (Å²) >= 11 is 0. The van der Waals surface area contributed by atoms with Crippen LogP contribution in [-0.2, 0) is 14.3 Å². The van der Waals surface area contributed by atoms with Gasteiger partial charge < -0.3 is 19.7 Å². The van der Waals surface area contributed by atoms with E-state index in [0.29, 0.717) is 26.3 Å². The molecule has 18 heavy (non-hydrogen) atoms. The smallest absolute Gasteiger partial charge is 0.239 e. The van der Waals surface area contributed by atoms with E-state index in [1.165, 1.54) is 0 Å². The SMILES string of the molecule is COC(C)(C)CCNC(C)C(=O)N1CCOCC1. The fourth-order valence-electron chi connectivity index (χ4n) is 1.84. The minimum absolute atomic E-state index is 0.143. The molecule has 0 aromatic carbocycles. The molecule has 0 saturated carbocycles. The van der Waals surface area contributed by atoms with E-state index in [1.54, 1.807) is 7.11 Å². The number of methoxy groups -OCH3 is 1. The van der Waals surface area contributed by atoms with Gasteiger partial charge in [-0.3, -0.25) is 4.79 Å². The van der Waals surface area contributed by atoms with Crippen LogP contribution in [0, 0.1) is 0 Å². The van der Waals surface area contributed by atoms with Gasteiger partial charge in [0.2, 0.25) is 5.91 Å². The quantitative estimate of drug-likeness (QED) is 0.759. The summed E-state index contributed by atoms with van der Waals surface area (Å²) in [5.41, 5.74) is -0.144. The normalized spacial score (nSPS) is 18.8. The Labute approximate surface area is 110 Å². The van der Waals surface area contributed by atoms with Crippen LogP contribution in [0.3, 0.4) is 0 Å². The van der Waals surface area contributed by atoms with Crippen LogP contribution in [0.4, 0.5) is 0 Å². The van der Waals surface area contributed by atoms with Gasteiger partial charge in [0.1, 0.15) is 0 Å². The maximum atomic E-state index is 12.1. The van der Waals surface area contributed by atoms with E-state index in [4.69, 9.17) is 9.47 Å². The summed E-state index contributed by atoms with van der Waals surface area (Å²) in [4.78, 5) is 14.0. The molecule has 1 atom stereocenters. The molecule has 1 aliphatic rings. The van der Waals surface area contributed by atoms with Crippen molar-refractivity contribution in [2.45, 2.75) is 38.8 Å². The Bertz CT molecular complexity index is 263. The van der Waals surface area contributed by atoms with Gasteiger partial charge in [0, 0.05) is 20.2 Å². The lowest BCUT2D eigenvalue weighted by molar-refractivity contribution is -0.137. The first-order chi connectivity index (χ1) is 8.46. The number of nitrogens with one attached hydrogen (secondary N) is 1. The number of hydrogen-bond donors (Lipinski definition) is 1. The van der Waals surface area contributed by atoms with E-state index in [2.05, 4.69) is 5.32 Å². The van der Waals surface area contributed by atoms with Crippen molar-refractivity contribution in [1.29, 1.82) is 0 Å². The molecule has 5 nitrogen and oxygen atoms in total. The molecule has 1 fully saturated rings. The summed E-state index contributed by atoms with van der Waals surface area (Å²) in [6.07, 6.45) is 0.879. The van der Waals surface area contributed by atoms with Gasteiger partial charge in [0.25, 0.3) is 0 Å². The predicted octanol–water partition coefficient (Wildman–Crippen LogP) is 0.638. The van der Waals surface area contributed by atoms with E-state index in [-0.39, 0.29) is 17.6 Å². The van der Waals surface area contributed by atoms with Crippen molar-refractivity contribution >= 4 is 5.91 Å². The van der Waals surface area contributed by atoms with Crippen molar-refractivity contribution in [3.8, 4) is 0 Å². The summed E-state index contributed by atoms with van der Waals surface area (Å²) in [6, 6.07) is -0.143. The van der Waals surface area contributed by atoms with Gasteiger partial charge in [0.05, 0.1) is 24.9 Å². The van der Waals surface area contributed by atoms with Crippen LogP contribution in [0.1, 0.15) is 27.2 Å². The molecule has 1 N–H and O–H groups in total. The van der Waals surface area contributed by atoms with Gasteiger partial charge in [-0.15, -0.1) is 0 Å². The minimum atomic E-state index is -0.144. The lowest BCUT2D eigenvalue weighted by Gasteiger charge is -2.30. The zero-order valence-corrected chi connectivity index (χ0v) is 12.0. The Morgan fingerprint density at radius 3 is 2.61 bits per heavy atom. The zero-order chi connectivity index (χ0) is 13.6.